The van der Waals surface area contributed by atoms with Gasteiger partial charge in [0.2, 0.25) is 5.78 Å². The molecular formula is C22H21F3N2O2. The van der Waals surface area contributed by atoms with Crippen LogP contribution < -0.4 is 0 Å². The van der Waals surface area contributed by atoms with Gasteiger partial charge in [-0.05, 0) is 37.0 Å². The van der Waals surface area contributed by atoms with E-state index in [-0.39, 0.29) is 23.1 Å². The summed E-state index contributed by atoms with van der Waals surface area (Å²) in [5.41, 5.74) is 0.669. The Balaban J connectivity index is 1.43. The highest BCUT2D eigenvalue weighted by atomic mass is 19.4. The van der Waals surface area contributed by atoms with Crippen LogP contribution in [-0.4, -0.2) is 15.8 Å². The smallest absolute Gasteiger partial charge is 0.417 e. The van der Waals surface area contributed by atoms with E-state index in [1.807, 2.05) is 18.2 Å². The van der Waals surface area contributed by atoms with E-state index in [4.69, 9.17) is 4.42 Å². The number of aromatic nitrogens is 2. The molecular weight excluding hydrogens is 381 g/mol. The molecule has 2 aromatic heterocycles. The third kappa shape index (κ3) is 6.01. The van der Waals surface area contributed by atoms with Crippen LogP contribution in [0.15, 0.2) is 59.3 Å². The Morgan fingerprint density at radius 1 is 0.897 bits per heavy atom. The summed E-state index contributed by atoms with van der Waals surface area (Å²) in [7, 11) is 0. The first-order chi connectivity index (χ1) is 13.9. The average Bonchev–Trinajstić information content (AvgIpc) is 3.21. The first kappa shape index (κ1) is 20.8. The minimum Gasteiger partial charge on any atom is -0.432 e. The second kappa shape index (κ2) is 9.49. The number of unbranched alkanes of at least 4 members (excludes halogenated alkanes) is 3. The number of pyridine rings is 1. The molecule has 0 radical (unpaired) electrons. The van der Waals surface area contributed by atoms with E-state index in [2.05, 4.69) is 22.1 Å². The molecule has 7 heteroatoms. The molecule has 0 fully saturated rings. The van der Waals surface area contributed by atoms with Crippen molar-refractivity contribution in [3.63, 3.8) is 0 Å². The number of carbonyl (C=O) groups is 1. The molecule has 2 heterocycles. The predicted octanol–water partition coefficient (Wildman–Crippen LogP) is 6.13. The van der Waals surface area contributed by atoms with Crippen LogP contribution in [0.25, 0.3) is 11.5 Å². The van der Waals surface area contributed by atoms with Gasteiger partial charge >= 0.3 is 6.18 Å². The molecule has 0 aliphatic carbocycles. The number of hydrogen-bond donors (Lipinski definition) is 0. The SMILES string of the molecule is O=C(CCCCCCc1ccccc1)c1ncc(-c2ccc(C(F)(F)F)cn2)o1. The van der Waals surface area contributed by atoms with Crippen LogP contribution >= 0.6 is 0 Å². The van der Waals surface area contributed by atoms with Crippen molar-refractivity contribution >= 4 is 5.78 Å². The predicted molar refractivity (Wildman–Crippen MR) is 102 cm³/mol. The number of carbonyl (C=O) groups excluding carboxylic acids is 1. The van der Waals surface area contributed by atoms with Crippen molar-refractivity contribution in [2.45, 2.75) is 44.7 Å². The van der Waals surface area contributed by atoms with Crippen molar-refractivity contribution < 1.29 is 22.4 Å². The molecule has 0 aliphatic heterocycles. The van der Waals surface area contributed by atoms with Gasteiger partial charge in [-0.25, -0.2) is 4.98 Å². The lowest BCUT2D eigenvalue weighted by atomic mass is 10.0. The van der Waals surface area contributed by atoms with Crippen LogP contribution in [0, 0.1) is 0 Å². The molecule has 1 aromatic carbocycles. The second-order valence-electron chi connectivity index (χ2n) is 6.78. The fourth-order valence-electron chi connectivity index (χ4n) is 2.95. The van der Waals surface area contributed by atoms with Gasteiger partial charge in [0.1, 0.15) is 5.69 Å². The fraction of sp³-hybridized carbons (Fsp3) is 0.318. The Morgan fingerprint density at radius 3 is 2.34 bits per heavy atom. The Bertz CT molecular complexity index is 919. The summed E-state index contributed by atoms with van der Waals surface area (Å²) in [5.74, 6) is -0.0814. The summed E-state index contributed by atoms with van der Waals surface area (Å²) in [6, 6.07) is 12.4. The quantitative estimate of drug-likeness (QED) is 0.319. The van der Waals surface area contributed by atoms with E-state index in [1.54, 1.807) is 0 Å². The van der Waals surface area contributed by atoms with Gasteiger partial charge in [0.15, 0.2) is 5.76 Å². The standard InChI is InChI=1S/C22H21F3N2O2/c23-22(24,25)17-12-13-18(26-14-17)20-15-27-21(29-20)19(28)11-7-2-1-4-8-16-9-5-3-6-10-16/h3,5-6,9-10,12-15H,1-2,4,7-8,11H2. The number of oxazole rings is 1. The zero-order valence-corrected chi connectivity index (χ0v) is 15.8. The van der Waals surface area contributed by atoms with Crippen molar-refractivity contribution in [3.8, 4) is 11.5 Å². The summed E-state index contributed by atoms with van der Waals surface area (Å²) in [4.78, 5) is 19.9. The maximum absolute atomic E-state index is 12.6. The topological polar surface area (TPSA) is 56.0 Å². The number of hydrogen-bond acceptors (Lipinski definition) is 4. The minimum atomic E-state index is -4.45. The van der Waals surface area contributed by atoms with Gasteiger partial charge in [-0.3, -0.25) is 9.78 Å². The number of nitrogens with zero attached hydrogens (tertiary/aromatic N) is 2. The molecule has 4 nitrogen and oxygen atoms in total. The number of Topliss-reactive ketones (excluding diaryl/α,β-unsaturated/α-hetero) is 1. The zero-order chi connectivity index (χ0) is 20.7. The van der Waals surface area contributed by atoms with Crippen LogP contribution in [0.4, 0.5) is 13.2 Å². The molecule has 0 N–H and O–H groups in total. The van der Waals surface area contributed by atoms with Crippen molar-refractivity contribution in [1.82, 2.24) is 9.97 Å². The maximum atomic E-state index is 12.6. The van der Waals surface area contributed by atoms with Gasteiger partial charge in [0.25, 0.3) is 5.89 Å². The minimum absolute atomic E-state index is 0.0361. The third-order valence-corrected chi connectivity index (χ3v) is 4.55. The van der Waals surface area contributed by atoms with E-state index in [9.17, 15) is 18.0 Å². The number of alkyl halides is 3. The summed E-state index contributed by atoms with van der Waals surface area (Å²) in [6.07, 6.45) is 2.72. The van der Waals surface area contributed by atoms with Gasteiger partial charge < -0.3 is 4.42 Å². The molecule has 0 saturated heterocycles. The zero-order valence-electron chi connectivity index (χ0n) is 15.8. The molecule has 152 valence electrons. The summed E-state index contributed by atoms with van der Waals surface area (Å²) in [6.45, 7) is 0. The molecule has 0 atom stereocenters. The first-order valence-corrected chi connectivity index (χ1v) is 9.50. The largest absolute Gasteiger partial charge is 0.432 e. The summed E-state index contributed by atoms with van der Waals surface area (Å²) in [5, 5.41) is 0. The molecule has 3 rings (SSSR count). The number of aryl methyl sites for hydroxylation is 1. The van der Waals surface area contributed by atoms with Crippen LogP contribution in [0.5, 0.6) is 0 Å². The molecule has 0 saturated carbocycles. The number of ketones is 1. The van der Waals surface area contributed by atoms with E-state index in [0.29, 0.717) is 6.42 Å². The Morgan fingerprint density at radius 2 is 1.66 bits per heavy atom. The van der Waals surface area contributed by atoms with Crippen molar-refractivity contribution in [2.24, 2.45) is 0 Å². The van der Waals surface area contributed by atoms with Gasteiger partial charge in [-0.1, -0.05) is 43.2 Å². The van der Waals surface area contributed by atoms with Gasteiger partial charge in [-0.2, -0.15) is 13.2 Å². The van der Waals surface area contributed by atoms with Crippen LogP contribution in [0.2, 0.25) is 0 Å². The van der Waals surface area contributed by atoms with Crippen LogP contribution in [-0.2, 0) is 12.6 Å². The molecule has 29 heavy (non-hydrogen) atoms. The van der Waals surface area contributed by atoms with E-state index in [1.165, 1.54) is 17.8 Å². The van der Waals surface area contributed by atoms with E-state index in [0.717, 1.165) is 44.4 Å². The highest BCUT2D eigenvalue weighted by Crippen LogP contribution is 2.30. The molecule has 0 unspecified atom stereocenters. The van der Waals surface area contributed by atoms with E-state index < -0.39 is 11.7 Å². The van der Waals surface area contributed by atoms with Gasteiger partial charge in [0, 0.05) is 12.6 Å². The maximum Gasteiger partial charge on any atom is 0.417 e. The first-order valence-electron chi connectivity index (χ1n) is 9.50. The van der Waals surface area contributed by atoms with E-state index >= 15 is 0 Å². The molecule has 3 aromatic rings. The fourth-order valence-corrected chi connectivity index (χ4v) is 2.95. The average molecular weight is 402 g/mol. The monoisotopic (exact) mass is 402 g/mol. The highest BCUT2D eigenvalue weighted by molar-refractivity contribution is 5.91. The number of halogens is 3. The summed E-state index contributed by atoms with van der Waals surface area (Å²) >= 11 is 0. The van der Waals surface area contributed by atoms with Gasteiger partial charge in [-0.15, -0.1) is 0 Å². The van der Waals surface area contributed by atoms with Crippen LogP contribution in [0.3, 0.4) is 0 Å². The number of rotatable bonds is 9. The van der Waals surface area contributed by atoms with Crippen molar-refractivity contribution in [1.29, 1.82) is 0 Å². The Hall–Kier alpha value is -2.96. The lowest BCUT2D eigenvalue weighted by molar-refractivity contribution is -0.137. The van der Waals surface area contributed by atoms with Crippen molar-refractivity contribution in [2.75, 3.05) is 0 Å². The summed E-state index contributed by atoms with van der Waals surface area (Å²) < 4.78 is 43.2. The Labute approximate surface area is 166 Å². The Kier molecular flexibility index (Phi) is 6.80. The second-order valence-corrected chi connectivity index (χ2v) is 6.78. The van der Waals surface area contributed by atoms with Crippen molar-refractivity contribution in [3.05, 3.63) is 71.9 Å². The highest BCUT2D eigenvalue weighted by Gasteiger charge is 2.30. The molecule has 0 bridgehead atoms. The number of benzene rings is 1. The van der Waals surface area contributed by atoms with Crippen LogP contribution in [0.1, 0.15) is 53.9 Å². The molecule has 0 spiro atoms. The molecule has 0 amide bonds. The lowest BCUT2D eigenvalue weighted by Crippen LogP contribution is -2.05. The molecule has 0 aliphatic rings. The van der Waals surface area contributed by atoms with Gasteiger partial charge in [0.05, 0.1) is 11.8 Å². The normalized spacial score (nSPS) is 11.6. The third-order valence-electron chi connectivity index (χ3n) is 4.55. The lowest BCUT2D eigenvalue weighted by Gasteiger charge is -2.05.